The molecule has 0 heterocycles. The van der Waals surface area contributed by atoms with Gasteiger partial charge < -0.3 is 11.9 Å². The number of hydrogen-bond donors (Lipinski definition) is 2. The van der Waals surface area contributed by atoms with Crippen molar-refractivity contribution in [2.75, 3.05) is 6.54 Å². The van der Waals surface area contributed by atoms with Gasteiger partial charge in [-0.25, -0.2) is 0 Å². The lowest BCUT2D eigenvalue weighted by molar-refractivity contribution is 0.833. The fourth-order valence-corrected chi connectivity index (χ4v) is 0.951. The van der Waals surface area contributed by atoms with E-state index in [1.807, 2.05) is 6.07 Å². The molecule has 0 aliphatic carbocycles. The van der Waals surface area contributed by atoms with Crippen molar-refractivity contribution in [1.82, 2.24) is 6.15 Å². The Morgan fingerprint density at radius 1 is 1.09 bits per heavy atom. The molecule has 0 spiro atoms. The van der Waals surface area contributed by atoms with E-state index in [9.17, 15) is 0 Å². The van der Waals surface area contributed by atoms with Gasteiger partial charge in [0.2, 0.25) is 0 Å². The van der Waals surface area contributed by atoms with Gasteiger partial charge >= 0.3 is 0 Å². The summed E-state index contributed by atoms with van der Waals surface area (Å²) in [5, 5.41) is 0. The first-order valence-corrected chi connectivity index (χ1v) is 3.67. The van der Waals surface area contributed by atoms with Crippen LogP contribution in [-0.4, -0.2) is 6.54 Å². The molecule has 0 aliphatic heterocycles. The molecule has 2 heteroatoms. The van der Waals surface area contributed by atoms with Gasteiger partial charge in [-0.3, -0.25) is 0 Å². The summed E-state index contributed by atoms with van der Waals surface area (Å²) in [4.78, 5) is 0. The molecule has 0 radical (unpaired) electrons. The Hall–Kier alpha value is -0.860. The van der Waals surface area contributed by atoms with E-state index in [-0.39, 0.29) is 6.15 Å². The molecular weight excluding hydrogens is 136 g/mol. The highest BCUT2D eigenvalue weighted by Gasteiger charge is 1.87. The standard InChI is InChI=1S/C9H13N.H3N/c10-8-4-7-9-5-2-1-3-6-9;/h1-3,5-6H,4,7-8,10H2;1H3. The zero-order valence-electron chi connectivity index (χ0n) is 6.79. The largest absolute Gasteiger partial charge is 0.344 e. The molecule has 11 heavy (non-hydrogen) atoms. The number of hydrogen-bond acceptors (Lipinski definition) is 2. The molecule has 0 aliphatic rings. The van der Waals surface area contributed by atoms with E-state index in [0.717, 1.165) is 19.4 Å². The average molecular weight is 152 g/mol. The number of nitrogens with two attached hydrogens (primary N) is 1. The number of benzene rings is 1. The van der Waals surface area contributed by atoms with Crippen molar-refractivity contribution in [3.63, 3.8) is 0 Å². The SMILES string of the molecule is N.NCCCc1ccccc1. The quantitative estimate of drug-likeness (QED) is 0.693. The van der Waals surface area contributed by atoms with Crippen molar-refractivity contribution in [3.05, 3.63) is 35.9 Å². The first kappa shape index (κ1) is 10.1. The second-order valence-electron chi connectivity index (χ2n) is 2.38. The third-order valence-electron chi connectivity index (χ3n) is 1.51. The molecule has 1 aromatic rings. The molecule has 1 aromatic carbocycles. The van der Waals surface area contributed by atoms with Gasteiger partial charge in [0.25, 0.3) is 0 Å². The summed E-state index contributed by atoms with van der Waals surface area (Å²) in [7, 11) is 0. The highest BCUT2D eigenvalue weighted by atomic mass is 14.5. The molecule has 2 nitrogen and oxygen atoms in total. The fraction of sp³-hybridized carbons (Fsp3) is 0.333. The van der Waals surface area contributed by atoms with E-state index in [4.69, 9.17) is 5.73 Å². The molecule has 0 bridgehead atoms. The van der Waals surface area contributed by atoms with Gasteiger partial charge in [0, 0.05) is 0 Å². The summed E-state index contributed by atoms with van der Waals surface area (Å²) >= 11 is 0. The van der Waals surface area contributed by atoms with Crippen LogP contribution in [-0.2, 0) is 6.42 Å². The maximum Gasteiger partial charge on any atom is -0.00741 e. The van der Waals surface area contributed by atoms with Gasteiger partial charge in [-0.2, -0.15) is 0 Å². The maximum absolute atomic E-state index is 5.38. The normalized spacial score (nSPS) is 8.82. The maximum atomic E-state index is 5.38. The first-order valence-electron chi connectivity index (χ1n) is 3.67. The van der Waals surface area contributed by atoms with Gasteiger partial charge in [0.15, 0.2) is 0 Å². The molecule has 5 N–H and O–H groups in total. The van der Waals surface area contributed by atoms with Crippen LogP contribution < -0.4 is 11.9 Å². The van der Waals surface area contributed by atoms with Crippen LogP contribution in [0.2, 0.25) is 0 Å². The van der Waals surface area contributed by atoms with Crippen LogP contribution >= 0.6 is 0 Å². The van der Waals surface area contributed by atoms with Gasteiger partial charge in [-0.1, -0.05) is 30.3 Å². The minimum absolute atomic E-state index is 0. The van der Waals surface area contributed by atoms with E-state index in [2.05, 4.69) is 24.3 Å². The molecule has 0 saturated heterocycles. The Morgan fingerprint density at radius 2 is 1.73 bits per heavy atom. The molecule has 0 fully saturated rings. The predicted molar refractivity (Wildman–Crippen MR) is 48.8 cm³/mol. The van der Waals surface area contributed by atoms with Crippen molar-refractivity contribution in [1.29, 1.82) is 0 Å². The predicted octanol–water partition coefficient (Wildman–Crippen LogP) is 1.74. The molecule has 0 aromatic heterocycles. The van der Waals surface area contributed by atoms with Crippen molar-refractivity contribution in [2.45, 2.75) is 12.8 Å². The monoisotopic (exact) mass is 152 g/mol. The Labute approximate surface area is 68.0 Å². The van der Waals surface area contributed by atoms with Crippen LogP contribution in [0.15, 0.2) is 30.3 Å². The zero-order valence-corrected chi connectivity index (χ0v) is 6.79. The topological polar surface area (TPSA) is 61.0 Å². The summed E-state index contributed by atoms with van der Waals surface area (Å²) in [6.45, 7) is 0.787. The van der Waals surface area contributed by atoms with Crippen molar-refractivity contribution in [2.24, 2.45) is 5.73 Å². The molecule has 0 amide bonds. The Morgan fingerprint density at radius 3 is 2.27 bits per heavy atom. The molecule has 62 valence electrons. The van der Waals surface area contributed by atoms with E-state index < -0.39 is 0 Å². The molecule has 0 unspecified atom stereocenters. The Bertz CT molecular complexity index is 172. The Balaban J connectivity index is 0.000001000. The third kappa shape index (κ3) is 3.75. The minimum Gasteiger partial charge on any atom is -0.344 e. The lowest BCUT2D eigenvalue weighted by Crippen LogP contribution is -1.99. The van der Waals surface area contributed by atoms with Crippen molar-refractivity contribution < 1.29 is 0 Å². The average Bonchev–Trinajstić information content (AvgIpc) is 2.03. The van der Waals surface area contributed by atoms with Crippen molar-refractivity contribution in [3.8, 4) is 0 Å². The summed E-state index contributed by atoms with van der Waals surface area (Å²) < 4.78 is 0. The number of aryl methyl sites for hydroxylation is 1. The summed E-state index contributed by atoms with van der Waals surface area (Å²) in [5.74, 6) is 0. The van der Waals surface area contributed by atoms with E-state index in [1.54, 1.807) is 0 Å². The van der Waals surface area contributed by atoms with Gasteiger partial charge in [0.05, 0.1) is 0 Å². The van der Waals surface area contributed by atoms with E-state index in [0.29, 0.717) is 0 Å². The smallest absolute Gasteiger partial charge is 0.00741 e. The van der Waals surface area contributed by atoms with Gasteiger partial charge in [-0.15, -0.1) is 0 Å². The second kappa shape index (κ2) is 5.89. The lowest BCUT2D eigenvalue weighted by Gasteiger charge is -1.96. The molecular formula is C9H16N2. The minimum atomic E-state index is 0. The van der Waals surface area contributed by atoms with Crippen LogP contribution in [0.4, 0.5) is 0 Å². The van der Waals surface area contributed by atoms with Crippen LogP contribution in [0.3, 0.4) is 0 Å². The third-order valence-corrected chi connectivity index (χ3v) is 1.51. The van der Waals surface area contributed by atoms with Crippen LogP contribution in [0.25, 0.3) is 0 Å². The summed E-state index contributed by atoms with van der Waals surface area (Å²) in [5.41, 5.74) is 6.76. The first-order chi connectivity index (χ1) is 4.93. The van der Waals surface area contributed by atoms with Crippen molar-refractivity contribution >= 4 is 0 Å². The summed E-state index contributed by atoms with van der Waals surface area (Å²) in [6, 6.07) is 10.4. The molecule has 1 rings (SSSR count). The zero-order chi connectivity index (χ0) is 7.23. The number of rotatable bonds is 3. The Kier molecular flexibility index (Phi) is 5.43. The highest BCUT2D eigenvalue weighted by molar-refractivity contribution is 5.14. The molecule has 0 saturated carbocycles. The van der Waals surface area contributed by atoms with E-state index in [1.165, 1.54) is 5.56 Å². The van der Waals surface area contributed by atoms with Gasteiger partial charge in [-0.05, 0) is 24.9 Å². The lowest BCUT2D eigenvalue weighted by atomic mass is 10.1. The van der Waals surface area contributed by atoms with Gasteiger partial charge in [0.1, 0.15) is 0 Å². The second-order valence-corrected chi connectivity index (χ2v) is 2.38. The van der Waals surface area contributed by atoms with E-state index >= 15 is 0 Å². The fourth-order valence-electron chi connectivity index (χ4n) is 0.951. The summed E-state index contributed by atoms with van der Waals surface area (Å²) in [6.07, 6.45) is 2.20. The van der Waals surface area contributed by atoms with Crippen LogP contribution in [0.5, 0.6) is 0 Å². The van der Waals surface area contributed by atoms with Crippen LogP contribution in [0.1, 0.15) is 12.0 Å². The highest BCUT2D eigenvalue weighted by Crippen LogP contribution is 2.00. The van der Waals surface area contributed by atoms with Crippen LogP contribution in [0, 0.1) is 0 Å². The molecule has 0 atom stereocenters.